The van der Waals surface area contributed by atoms with Gasteiger partial charge in [-0.15, -0.1) is 0 Å². The maximum absolute atomic E-state index is 12.5. The van der Waals surface area contributed by atoms with Gasteiger partial charge in [0.1, 0.15) is 12.6 Å². The van der Waals surface area contributed by atoms with Crippen molar-refractivity contribution in [1.29, 1.82) is 0 Å². The van der Waals surface area contributed by atoms with E-state index in [1.54, 1.807) is 31.2 Å². The fourth-order valence-electron chi connectivity index (χ4n) is 4.16. The van der Waals surface area contributed by atoms with Crippen LogP contribution in [0.2, 0.25) is 0 Å². The molecule has 0 aromatic heterocycles. The van der Waals surface area contributed by atoms with Gasteiger partial charge in [-0.3, -0.25) is 4.79 Å². The molecular weight excluding hydrogens is 406 g/mol. The molecule has 0 saturated heterocycles. The van der Waals surface area contributed by atoms with E-state index >= 15 is 0 Å². The van der Waals surface area contributed by atoms with Gasteiger partial charge in [0.15, 0.2) is 5.78 Å². The van der Waals surface area contributed by atoms with Crippen molar-refractivity contribution < 1.29 is 24.2 Å². The Labute approximate surface area is 185 Å². The molecule has 4 rings (SSSR count). The summed E-state index contributed by atoms with van der Waals surface area (Å²) >= 11 is 0. The Morgan fingerprint density at radius 1 is 0.906 bits per heavy atom. The minimum Gasteiger partial charge on any atom is -0.480 e. The van der Waals surface area contributed by atoms with Gasteiger partial charge in [0.2, 0.25) is 0 Å². The molecule has 0 radical (unpaired) electrons. The molecule has 1 aliphatic rings. The number of carbonyl (C=O) groups excluding carboxylic acids is 2. The van der Waals surface area contributed by atoms with Crippen LogP contribution in [-0.4, -0.2) is 35.6 Å². The average molecular weight is 429 g/mol. The van der Waals surface area contributed by atoms with Crippen LogP contribution in [0.25, 0.3) is 11.1 Å². The fourth-order valence-corrected chi connectivity index (χ4v) is 4.16. The predicted molar refractivity (Wildman–Crippen MR) is 120 cm³/mol. The molecule has 162 valence electrons. The average Bonchev–Trinajstić information content (AvgIpc) is 3.11. The van der Waals surface area contributed by atoms with Gasteiger partial charge in [-0.1, -0.05) is 72.8 Å². The number of benzene rings is 3. The Morgan fingerprint density at radius 2 is 1.47 bits per heavy atom. The van der Waals surface area contributed by atoms with Crippen molar-refractivity contribution in [3.63, 3.8) is 0 Å². The molecule has 6 nitrogen and oxygen atoms in total. The van der Waals surface area contributed by atoms with E-state index in [1.165, 1.54) is 0 Å². The number of hydrogen-bond acceptors (Lipinski definition) is 4. The van der Waals surface area contributed by atoms with Crippen LogP contribution in [0, 0.1) is 6.92 Å². The zero-order valence-corrected chi connectivity index (χ0v) is 17.6. The second-order valence-electron chi connectivity index (χ2n) is 7.80. The number of nitrogens with one attached hydrogen (secondary N) is 1. The van der Waals surface area contributed by atoms with Gasteiger partial charge in [-0.25, -0.2) is 9.59 Å². The Bertz CT molecular complexity index is 1140. The Kier molecular flexibility index (Phi) is 6.03. The number of carbonyl (C=O) groups is 3. The number of alkyl carbamates (subject to hydrolysis) is 1. The lowest BCUT2D eigenvalue weighted by atomic mass is 9.98. The van der Waals surface area contributed by atoms with Gasteiger partial charge in [-0.2, -0.15) is 0 Å². The molecule has 0 saturated carbocycles. The van der Waals surface area contributed by atoms with Gasteiger partial charge in [0, 0.05) is 17.9 Å². The van der Waals surface area contributed by atoms with E-state index in [2.05, 4.69) is 5.32 Å². The summed E-state index contributed by atoms with van der Waals surface area (Å²) in [6.45, 7) is 1.85. The highest BCUT2D eigenvalue weighted by molar-refractivity contribution is 6.00. The topological polar surface area (TPSA) is 92.7 Å². The van der Waals surface area contributed by atoms with Crippen LogP contribution in [0.3, 0.4) is 0 Å². The van der Waals surface area contributed by atoms with Gasteiger partial charge >= 0.3 is 12.1 Å². The first kappa shape index (κ1) is 21.3. The van der Waals surface area contributed by atoms with E-state index in [9.17, 15) is 19.5 Å². The van der Waals surface area contributed by atoms with Crippen molar-refractivity contribution in [2.45, 2.75) is 25.3 Å². The summed E-state index contributed by atoms with van der Waals surface area (Å²) in [5, 5.41) is 11.8. The number of hydrogen-bond donors (Lipinski definition) is 2. The number of aryl methyl sites for hydroxylation is 1. The first-order valence-corrected chi connectivity index (χ1v) is 10.4. The number of carboxylic acids is 1. The van der Waals surface area contributed by atoms with Crippen molar-refractivity contribution in [2.75, 3.05) is 6.61 Å². The van der Waals surface area contributed by atoms with Crippen LogP contribution >= 0.6 is 0 Å². The van der Waals surface area contributed by atoms with Crippen LogP contribution in [-0.2, 0) is 9.53 Å². The lowest BCUT2D eigenvalue weighted by Gasteiger charge is -2.17. The zero-order chi connectivity index (χ0) is 22.7. The monoisotopic (exact) mass is 429 g/mol. The molecule has 1 atom stereocenters. The van der Waals surface area contributed by atoms with E-state index in [4.69, 9.17) is 4.74 Å². The summed E-state index contributed by atoms with van der Waals surface area (Å²) in [6, 6.07) is 21.4. The molecule has 32 heavy (non-hydrogen) atoms. The van der Waals surface area contributed by atoms with Gasteiger partial charge in [0.05, 0.1) is 0 Å². The molecule has 6 heteroatoms. The van der Waals surface area contributed by atoms with Crippen LogP contribution < -0.4 is 5.32 Å². The van der Waals surface area contributed by atoms with Crippen LogP contribution in [0.15, 0.2) is 72.8 Å². The summed E-state index contributed by atoms with van der Waals surface area (Å²) in [5.74, 6) is -1.78. The summed E-state index contributed by atoms with van der Waals surface area (Å²) < 4.78 is 5.41. The fraction of sp³-hybridized carbons (Fsp3) is 0.192. The molecule has 0 bridgehead atoms. The van der Waals surface area contributed by atoms with E-state index in [0.717, 1.165) is 27.8 Å². The zero-order valence-electron chi connectivity index (χ0n) is 17.6. The van der Waals surface area contributed by atoms with Gasteiger partial charge in [0.25, 0.3) is 0 Å². The molecule has 1 aliphatic carbocycles. The molecule has 1 amide bonds. The molecule has 0 spiro atoms. The highest BCUT2D eigenvalue weighted by Crippen LogP contribution is 2.44. The number of rotatable bonds is 7. The first-order valence-electron chi connectivity index (χ1n) is 10.4. The molecule has 3 aromatic rings. The molecule has 2 N–H and O–H groups in total. The van der Waals surface area contributed by atoms with Gasteiger partial charge in [-0.05, 0) is 34.7 Å². The van der Waals surface area contributed by atoms with Crippen LogP contribution in [0.5, 0.6) is 0 Å². The van der Waals surface area contributed by atoms with Crippen molar-refractivity contribution in [1.82, 2.24) is 5.32 Å². The lowest BCUT2D eigenvalue weighted by Crippen LogP contribution is -2.42. The van der Waals surface area contributed by atoms with Gasteiger partial charge < -0.3 is 15.2 Å². The number of Topliss-reactive ketones (excluding diaryl/α,β-unsaturated/α-hetero) is 1. The van der Waals surface area contributed by atoms with E-state index in [0.29, 0.717) is 5.56 Å². The molecule has 1 unspecified atom stereocenters. The van der Waals surface area contributed by atoms with Crippen molar-refractivity contribution in [3.8, 4) is 11.1 Å². The molecule has 0 fully saturated rings. The minimum absolute atomic E-state index is 0.0674. The summed E-state index contributed by atoms with van der Waals surface area (Å²) in [4.78, 5) is 36.6. The van der Waals surface area contributed by atoms with Crippen molar-refractivity contribution >= 4 is 17.8 Å². The molecule has 0 heterocycles. The number of amides is 1. The third kappa shape index (κ3) is 4.25. The van der Waals surface area contributed by atoms with Crippen LogP contribution in [0.4, 0.5) is 4.79 Å². The number of aliphatic carboxylic acids is 1. The summed E-state index contributed by atoms with van der Waals surface area (Å²) in [7, 11) is 0. The van der Waals surface area contributed by atoms with Crippen LogP contribution in [0.1, 0.15) is 39.4 Å². The first-order chi connectivity index (χ1) is 15.5. The Hall–Kier alpha value is -3.93. The highest BCUT2D eigenvalue weighted by Gasteiger charge is 2.30. The van der Waals surface area contributed by atoms with E-state index in [-0.39, 0.29) is 24.7 Å². The third-order valence-corrected chi connectivity index (χ3v) is 5.77. The summed E-state index contributed by atoms with van der Waals surface area (Å²) in [6.07, 6.45) is -1.22. The number of ketones is 1. The highest BCUT2D eigenvalue weighted by atomic mass is 16.5. The number of fused-ring (bicyclic) bond motifs is 3. The molecular formula is C26H23NO5. The summed E-state index contributed by atoms with van der Waals surface area (Å²) in [5.41, 5.74) is 5.52. The SMILES string of the molecule is Cc1ccccc1C(=O)CC(NC(=O)OCC1c2ccccc2-c2ccccc21)C(=O)O. The second-order valence-corrected chi connectivity index (χ2v) is 7.80. The Balaban J connectivity index is 1.42. The maximum Gasteiger partial charge on any atom is 0.407 e. The normalized spacial score (nSPS) is 13.0. The quantitative estimate of drug-likeness (QED) is 0.537. The molecule has 0 aliphatic heterocycles. The number of carboxylic acid groups (broad SMARTS) is 1. The maximum atomic E-state index is 12.5. The van der Waals surface area contributed by atoms with E-state index < -0.39 is 18.1 Å². The lowest BCUT2D eigenvalue weighted by molar-refractivity contribution is -0.139. The Morgan fingerprint density at radius 3 is 2.06 bits per heavy atom. The number of ether oxygens (including phenoxy) is 1. The largest absolute Gasteiger partial charge is 0.480 e. The van der Waals surface area contributed by atoms with Crippen molar-refractivity contribution in [3.05, 3.63) is 95.1 Å². The van der Waals surface area contributed by atoms with Crippen molar-refractivity contribution in [2.24, 2.45) is 0 Å². The standard InChI is InChI=1S/C26H23NO5/c1-16-8-2-3-9-17(16)24(28)14-23(25(29)30)27-26(31)32-15-22-20-12-6-4-10-18(20)19-11-5-7-13-21(19)22/h2-13,22-23H,14-15H2,1H3,(H,27,31)(H,29,30). The predicted octanol–water partition coefficient (Wildman–Crippen LogP) is 4.56. The smallest absolute Gasteiger partial charge is 0.407 e. The molecule has 3 aromatic carbocycles. The minimum atomic E-state index is -1.38. The third-order valence-electron chi connectivity index (χ3n) is 5.77. The second kappa shape index (κ2) is 9.06. The van der Waals surface area contributed by atoms with E-state index in [1.807, 2.05) is 48.5 Å².